The lowest BCUT2D eigenvalue weighted by molar-refractivity contribution is 0.415. The van der Waals surface area contributed by atoms with Crippen molar-refractivity contribution in [3.63, 3.8) is 0 Å². The monoisotopic (exact) mass is 427 g/mol. The summed E-state index contributed by atoms with van der Waals surface area (Å²) in [5.41, 5.74) is 4.62. The van der Waals surface area contributed by atoms with Crippen molar-refractivity contribution in [1.82, 2.24) is 10.2 Å². The number of rotatable bonds is 7. The van der Waals surface area contributed by atoms with Gasteiger partial charge in [-0.05, 0) is 41.7 Å². The van der Waals surface area contributed by atoms with Crippen LogP contribution in [0.3, 0.4) is 0 Å². The summed E-state index contributed by atoms with van der Waals surface area (Å²) < 4.78 is 5.55. The number of phenolic OH excluding ortho intramolecular Hbond substituents is 2. The lowest BCUT2D eigenvalue weighted by atomic mass is 9.95. The Morgan fingerprint density at radius 2 is 1.90 bits per heavy atom. The average molecular weight is 428 g/mol. The third kappa shape index (κ3) is 4.07. The lowest BCUT2D eigenvalue weighted by Crippen LogP contribution is -2.18. The van der Waals surface area contributed by atoms with Crippen LogP contribution in [0.1, 0.15) is 38.7 Å². The van der Waals surface area contributed by atoms with Gasteiger partial charge in [0.05, 0.1) is 18.5 Å². The second-order valence-corrected chi connectivity index (χ2v) is 8.11. The standard InChI is InChI=1S/C23H29N3O3S/c1-6-9-26(4)17-10-14(7-8-20(17)29-5)21-22(24-25-23(21)30)16-11-15(13(2)3)18(27)12-19(16)28/h7-8,10-13,27-28H,6,9H2,1-5H3,(H2,24,25,30). The van der Waals surface area contributed by atoms with Gasteiger partial charge >= 0.3 is 0 Å². The van der Waals surface area contributed by atoms with Crippen molar-refractivity contribution >= 4 is 18.3 Å². The molecular weight excluding hydrogens is 398 g/mol. The summed E-state index contributed by atoms with van der Waals surface area (Å²) >= 11 is 4.56. The number of benzene rings is 2. The number of nitrogens with one attached hydrogen (secondary N) is 1. The minimum atomic E-state index is -0.0213. The van der Waals surface area contributed by atoms with Crippen LogP contribution >= 0.6 is 12.6 Å². The Kier molecular flexibility index (Phi) is 6.51. The van der Waals surface area contributed by atoms with Gasteiger partial charge in [0.15, 0.2) is 0 Å². The van der Waals surface area contributed by atoms with E-state index in [4.69, 9.17) is 4.74 Å². The molecule has 6 nitrogen and oxygen atoms in total. The number of anilines is 1. The molecule has 0 unspecified atom stereocenters. The Hall–Kier alpha value is -2.80. The van der Waals surface area contributed by atoms with Crippen molar-refractivity contribution in [2.75, 3.05) is 25.6 Å². The largest absolute Gasteiger partial charge is 0.508 e. The van der Waals surface area contributed by atoms with E-state index in [1.165, 1.54) is 6.07 Å². The maximum atomic E-state index is 10.6. The molecule has 0 radical (unpaired) electrons. The molecule has 0 atom stereocenters. The van der Waals surface area contributed by atoms with E-state index in [1.807, 2.05) is 39.1 Å². The molecule has 1 aromatic heterocycles. The maximum Gasteiger partial charge on any atom is 0.142 e. The molecule has 7 heteroatoms. The normalized spacial score (nSPS) is 11.2. The summed E-state index contributed by atoms with van der Waals surface area (Å²) in [6, 6.07) is 9.10. The highest BCUT2D eigenvalue weighted by Gasteiger charge is 2.21. The molecule has 3 N–H and O–H groups in total. The van der Waals surface area contributed by atoms with Gasteiger partial charge in [0, 0.05) is 30.8 Å². The molecule has 0 bridgehead atoms. The van der Waals surface area contributed by atoms with E-state index in [-0.39, 0.29) is 17.4 Å². The number of aromatic hydroxyl groups is 2. The van der Waals surface area contributed by atoms with Crippen molar-refractivity contribution in [1.29, 1.82) is 0 Å². The first-order valence-corrected chi connectivity index (χ1v) is 10.5. The molecule has 0 amide bonds. The van der Waals surface area contributed by atoms with Crippen molar-refractivity contribution in [2.24, 2.45) is 0 Å². The van der Waals surface area contributed by atoms with Crippen LogP contribution < -0.4 is 9.64 Å². The van der Waals surface area contributed by atoms with Crippen LogP contribution in [0.15, 0.2) is 35.4 Å². The minimum Gasteiger partial charge on any atom is -0.508 e. The number of hydrogen-bond acceptors (Lipinski definition) is 6. The van der Waals surface area contributed by atoms with Gasteiger partial charge in [-0.25, -0.2) is 0 Å². The van der Waals surface area contributed by atoms with Crippen LogP contribution in [0.5, 0.6) is 17.2 Å². The Balaban J connectivity index is 2.19. The van der Waals surface area contributed by atoms with Gasteiger partial charge in [-0.2, -0.15) is 5.10 Å². The highest BCUT2D eigenvalue weighted by Crippen LogP contribution is 2.44. The molecule has 0 spiro atoms. The summed E-state index contributed by atoms with van der Waals surface area (Å²) in [6.45, 7) is 7.01. The molecule has 30 heavy (non-hydrogen) atoms. The number of H-pyrrole nitrogens is 1. The van der Waals surface area contributed by atoms with E-state index in [2.05, 4.69) is 34.6 Å². The highest BCUT2D eigenvalue weighted by molar-refractivity contribution is 7.80. The third-order valence-electron chi connectivity index (χ3n) is 5.22. The van der Waals surface area contributed by atoms with Crippen molar-refractivity contribution in [2.45, 2.75) is 38.1 Å². The van der Waals surface area contributed by atoms with Crippen LogP contribution in [-0.4, -0.2) is 41.1 Å². The summed E-state index contributed by atoms with van der Waals surface area (Å²) in [5, 5.41) is 28.6. The zero-order valence-electron chi connectivity index (χ0n) is 18.0. The Morgan fingerprint density at radius 1 is 1.17 bits per heavy atom. The summed E-state index contributed by atoms with van der Waals surface area (Å²) in [7, 11) is 3.69. The van der Waals surface area contributed by atoms with Crippen LogP contribution in [-0.2, 0) is 0 Å². The first-order valence-electron chi connectivity index (χ1n) is 10.0. The SMILES string of the molecule is CCCN(C)c1cc(-c2c(S)n[nH]c2-c2cc(C(C)C)c(O)cc2O)ccc1OC. The minimum absolute atomic E-state index is 0.0213. The quantitative estimate of drug-likeness (QED) is 0.379. The fraction of sp³-hybridized carbons (Fsp3) is 0.348. The first-order chi connectivity index (χ1) is 14.3. The summed E-state index contributed by atoms with van der Waals surface area (Å²) in [5.74, 6) is 0.940. The second-order valence-electron chi connectivity index (χ2n) is 7.69. The molecule has 1 heterocycles. The van der Waals surface area contributed by atoms with Crippen molar-refractivity contribution < 1.29 is 14.9 Å². The Morgan fingerprint density at radius 3 is 2.53 bits per heavy atom. The van der Waals surface area contributed by atoms with E-state index in [9.17, 15) is 10.2 Å². The van der Waals surface area contributed by atoms with Gasteiger partial charge < -0.3 is 19.8 Å². The molecule has 3 aromatic rings. The molecule has 0 aliphatic heterocycles. The molecule has 0 aliphatic carbocycles. The number of aromatic nitrogens is 2. The molecule has 0 saturated heterocycles. The summed E-state index contributed by atoms with van der Waals surface area (Å²) in [4.78, 5) is 2.15. The molecule has 160 valence electrons. The number of aromatic amines is 1. The van der Waals surface area contributed by atoms with E-state index < -0.39 is 0 Å². The van der Waals surface area contributed by atoms with Crippen LogP contribution in [0.4, 0.5) is 5.69 Å². The molecule has 0 saturated carbocycles. The number of ether oxygens (including phenoxy) is 1. The first kappa shape index (κ1) is 21.9. The van der Waals surface area contributed by atoms with Gasteiger partial charge in [0.2, 0.25) is 0 Å². The predicted molar refractivity (Wildman–Crippen MR) is 124 cm³/mol. The van der Waals surface area contributed by atoms with E-state index in [1.54, 1.807) is 13.2 Å². The molecule has 2 aromatic carbocycles. The topological polar surface area (TPSA) is 81.6 Å². The second kappa shape index (κ2) is 8.92. The number of thiol groups is 1. The Bertz CT molecular complexity index is 1050. The fourth-order valence-corrected chi connectivity index (χ4v) is 3.95. The highest BCUT2D eigenvalue weighted by atomic mass is 32.1. The number of hydrogen-bond donors (Lipinski definition) is 4. The molecular formula is C23H29N3O3S. The molecule has 0 fully saturated rings. The lowest BCUT2D eigenvalue weighted by Gasteiger charge is -2.22. The number of methoxy groups -OCH3 is 1. The predicted octanol–water partition coefficient (Wildman–Crippen LogP) is 5.42. The van der Waals surface area contributed by atoms with Crippen molar-refractivity contribution in [3.8, 4) is 39.6 Å². The zero-order valence-corrected chi connectivity index (χ0v) is 18.9. The molecule has 3 rings (SSSR count). The van der Waals surface area contributed by atoms with E-state index in [0.29, 0.717) is 16.3 Å². The number of phenols is 2. The van der Waals surface area contributed by atoms with Gasteiger partial charge in [0.25, 0.3) is 0 Å². The van der Waals surface area contributed by atoms with Crippen LogP contribution in [0.25, 0.3) is 22.4 Å². The maximum absolute atomic E-state index is 10.6. The number of nitrogens with zero attached hydrogens (tertiary/aromatic N) is 2. The summed E-state index contributed by atoms with van der Waals surface area (Å²) in [6.07, 6.45) is 1.01. The third-order valence-corrected chi connectivity index (χ3v) is 5.54. The van der Waals surface area contributed by atoms with Gasteiger partial charge in [0.1, 0.15) is 22.3 Å². The van der Waals surface area contributed by atoms with Gasteiger partial charge in [-0.15, -0.1) is 12.6 Å². The van der Waals surface area contributed by atoms with Crippen LogP contribution in [0, 0.1) is 0 Å². The Labute approximate surface area is 182 Å². The zero-order chi connectivity index (χ0) is 22.0. The average Bonchev–Trinajstić information content (AvgIpc) is 3.08. The van der Waals surface area contributed by atoms with Crippen molar-refractivity contribution in [3.05, 3.63) is 35.9 Å². The fourth-order valence-electron chi connectivity index (χ4n) is 3.66. The van der Waals surface area contributed by atoms with E-state index >= 15 is 0 Å². The van der Waals surface area contributed by atoms with E-state index in [0.717, 1.165) is 41.1 Å². The molecule has 0 aliphatic rings. The smallest absolute Gasteiger partial charge is 0.142 e. The van der Waals surface area contributed by atoms with Gasteiger partial charge in [-0.1, -0.05) is 26.8 Å². The van der Waals surface area contributed by atoms with Crippen LogP contribution in [0.2, 0.25) is 0 Å². The van der Waals surface area contributed by atoms with Gasteiger partial charge in [-0.3, -0.25) is 5.10 Å².